The number of aromatic nitrogens is 4. The van der Waals surface area contributed by atoms with Crippen LogP contribution in [0.15, 0.2) is 55.8 Å². The number of hydrogen-bond donors (Lipinski definition) is 2. The first-order valence-corrected chi connectivity index (χ1v) is 30.3. The number of phosphoric acid groups is 1. The molecule has 0 aliphatic carbocycles. The van der Waals surface area contributed by atoms with Gasteiger partial charge in [-0.15, -0.1) is 0 Å². The molecule has 0 amide bonds. The summed E-state index contributed by atoms with van der Waals surface area (Å²) >= 11 is 0. The molecule has 0 spiro atoms. The Morgan fingerprint density at radius 3 is 1.71 bits per heavy atom. The van der Waals surface area contributed by atoms with Gasteiger partial charge in [-0.3, -0.25) is 42.3 Å². The van der Waals surface area contributed by atoms with Crippen LogP contribution in [-0.2, 0) is 50.7 Å². The third-order valence-corrected chi connectivity index (χ3v) is 24.0. The number of esters is 2. The molecular formula is C46H68N5O16PSi2. The number of hydrogen-bond acceptors (Lipinski definition) is 16. The van der Waals surface area contributed by atoms with Gasteiger partial charge in [-0.1, -0.05) is 48.5 Å². The minimum absolute atomic E-state index is 0.224. The topological polar surface area (TPSA) is 248 Å². The van der Waals surface area contributed by atoms with E-state index in [-0.39, 0.29) is 23.6 Å². The number of nitrogens with one attached hydrogen (secondary N) is 2. The molecule has 2 N–H and O–H groups in total. The van der Waals surface area contributed by atoms with E-state index >= 15 is 4.57 Å². The molecule has 9 unspecified atom stereocenters. The second-order valence-corrected chi connectivity index (χ2v) is 31.7. The van der Waals surface area contributed by atoms with E-state index in [4.69, 9.17) is 47.9 Å². The second kappa shape index (κ2) is 22.0. The van der Waals surface area contributed by atoms with Gasteiger partial charge < -0.3 is 32.6 Å². The maximum absolute atomic E-state index is 15.2. The first kappa shape index (κ1) is 56.3. The van der Waals surface area contributed by atoms with Crippen molar-refractivity contribution in [3.05, 3.63) is 112 Å². The SMILES string of the molecule is [C-]#[N+]CCOP(=O)(OCC1OC(n2ccc(=O)[nH]c2=O)C(O[Si](C)(C)C(C)(C)C)C1OC(=O)COC(=O)c1cc(C)c(C)c(C)c1)OC1C(CC)OC(n2ccc(=O)[nH]c2=O)C1O[Si](C)(C)C(C)(C)C. The van der Waals surface area contributed by atoms with Crippen LogP contribution in [0.3, 0.4) is 0 Å². The third-order valence-electron chi connectivity index (χ3n) is 13.5. The van der Waals surface area contributed by atoms with E-state index in [0.717, 1.165) is 38.0 Å². The van der Waals surface area contributed by atoms with Crippen LogP contribution in [0.1, 0.15) is 94.4 Å². The summed E-state index contributed by atoms with van der Waals surface area (Å²) in [5.74, 6) is -1.81. The molecule has 2 aromatic heterocycles. The van der Waals surface area contributed by atoms with Crippen molar-refractivity contribution in [2.45, 2.75) is 161 Å². The number of aromatic amines is 2. The highest BCUT2D eigenvalue weighted by Gasteiger charge is 2.56. The number of phosphoric ester groups is 1. The maximum Gasteiger partial charge on any atom is 0.475 e. The fourth-order valence-corrected chi connectivity index (χ4v) is 11.2. The van der Waals surface area contributed by atoms with Crippen molar-refractivity contribution in [2.75, 3.05) is 26.4 Å². The number of nitrogens with zero attached hydrogens (tertiary/aromatic N) is 3. The molecule has 5 rings (SSSR count). The van der Waals surface area contributed by atoms with Crippen molar-refractivity contribution >= 4 is 36.4 Å². The summed E-state index contributed by atoms with van der Waals surface area (Å²) in [5.41, 5.74) is -0.0743. The highest BCUT2D eigenvalue weighted by Crippen LogP contribution is 2.55. The Morgan fingerprint density at radius 1 is 0.771 bits per heavy atom. The van der Waals surface area contributed by atoms with E-state index in [1.807, 2.05) is 88.5 Å². The van der Waals surface area contributed by atoms with E-state index in [9.17, 15) is 28.8 Å². The summed E-state index contributed by atoms with van der Waals surface area (Å²) in [4.78, 5) is 85.9. The number of H-pyrrole nitrogens is 2. The predicted molar refractivity (Wildman–Crippen MR) is 262 cm³/mol. The minimum atomic E-state index is -4.88. The van der Waals surface area contributed by atoms with Gasteiger partial charge in [0.15, 0.2) is 41.8 Å². The largest absolute Gasteiger partial charge is 0.475 e. The summed E-state index contributed by atoms with van der Waals surface area (Å²) < 4.78 is 73.9. The first-order valence-electron chi connectivity index (χ1n) is 23.1. The molecule has 1 aromatic carbocycles. The summed E-state index contributed by atoms with van der Waals surface area (Å²) in [6.45, 7) is 32.2. The zero-order chi connectivity index (χ0) is 52.3. The van der Waals surface area contributed by atoms with Crippen molar-refractivity contribution in [1.29, 1.82) is 0 Å². The summed E-state index contributed by atoms with van der Waals surface area (Å²) in [7, 11) is -10.5. The summed E-state index contributed by atoms with van der Waals surface area (Å²) in [5, 5.41) is -0.831. The van der Waals surface area contributed by atoms with Crippen molar-refractivity contribution < 1.29 is 55.5 Å². The van der Waals surface area contributed by atoms with Crippen LogP contribution in [0.5, 0.6) is 0 Å². The monoisotopic (exact) mass is 1030 g/mol. The van der Waals surface area contributed by atoms with Crippen LogP contribution >= 0.6 is 7.82 Å². The van der Waals surface area contributed by atoms with Crippen molar-refractivity contribution in [3.8, 4) is 0 Å². The Labute approximate surface area is 409 Å². The summed E-state index contributed by atoms with van der Waals surface area (Å²) in [6, 6.07) is 5.55. The minimum Gasteiger partial charge on any atom is -0.454 e. The molecule has 0 bridgehead atoms. The van der Waals surface area contributed by atoms with Crippen LogP contribution in [-0.4, -0.2) is 111 Å². The van der Waals surface area contributed by atoms with Gasteiger partial charge in [0, 0.05) is 24.5 Å². The maximum atomic E-state index is 15.2. The highest BCUT2D eigenvalue weighted by molar-refractivity contribution is 7.48. The van der Waals surface area contributed by atoms with E-state index in [2.05, 4.69) is 14.8 Å². The lowest BCUT2D eigenvalue weighted by Gasteiger charge is -2.41. The molecule has 386 valence electrons. The quantitative estimate of drug-likeness (QED) is 0.0445. The molecule has 0 saturated carbocycles. The molecule has 2 saturated heterocycles. The average Bonchev–Trinajstić information content (AvgIpc) is 3.75. The fraction of sp³-hybridized carbons (Fsp3) is 0.630. The first-order chi connectivity index (χ1) is 32.4. The molecule has 0 radical (unpaired) electrons. The summed E-state index contributed by atoms with van der Waals surface area (Å²) in [6.07, 6.45) is -7.32. The third kappa shape index (κ3) is 13.1. The number of benzene rings is 1. The van der Waals surface area contributed by atoms with Crippen molar-refractivity contribution in [1.82, 2.24) is 19.1 Å². The lowest BCUT2D eigenvalue weighted by atomic mass is 10.0. The predicted octanol–water partition coefficient (Wildman–Crippen LogP) is 6.21. The number of ether oxygens (including phenoxy) is 4. The molecule has 70 heavy (non-hydrogen) atoms. The number of carbonyl (C=O) groups is 2. The lowest BCUT2D eigenvalue weighted by Crippen LogP contribution is -2.51. The van der Waals surface area contributed by atoms with E-state index in [0.29, 0.717) is 0 Å². The Balaban J connectivity index is 1.56. The van der Waals surface area contributed by atoms with Gasteiger partial charge in [-0.05, 0) is 92.3 Å². The van der Waals surface area contributed by atoms with Gasteiger partial charge in [0.25, 0.3) is 11.1 Å². The smallest absolute Gasteiger partial charge is 0.454 e. The molecule has 3 aromatic rings. The zero-order valence-corrected chi connectivity index (χ0v) is 45.3. The Hall–Kier alpha value is -4.61. The van der Waals surface area contributed by atoms with Gasteiger partial charge in [0.05, 0.1) is 18.3 Å². The van der Waals surface area contributed by atoms with Crippen LogP contribution < -0.4 is 22.5 Å². The van der Waals surface area contributed by atoms with E-state index < -0.39 is 133 Å². The molecule has 24 heteroatoms. The molecule has 2 aliphatic heterocycles. The van der Waals surface area contributed by atoms with Crippen LogP contribution in [0.25, 0.3) is 4.85 Å². The highest BCUT2D eigenvalue weighted by atomic mass is 31.2. The molecule has 4 heterocycles. The molecule has 21 nitrogen and oxygen atoms in total. The molecule has 9 atom stereocenters. The van der Waals surface area contributed by atoms with Crippen molar-refractivity contribution in [2.24, 2.45) is 0 Å². The van der Waals surface area contributed by atoms with E-state index in [1.165, 1.54) is 12.4 Å². The average molecular weight is 1030 g/mol. The Morgan fingerprint density at radius 2 is 1.26 bits per heavy atom. The van der Waals surface area contributed by atoms with Crippen molar-refractivity contribution in [3.63, 3.8) is 0 Å². The van der Waals surface area contributed by atoms with Gasteiger partial charge in [0.2, 0.25) is 6.54 Å². The number of aryl methyl sites for hydroxylation is 2. The molecule has 2 aliphatic rings. The lowest BCUT2D eigenvalue weighted by molar-refractivity contribution is -0.159. The van der Waals surface area contributed by atoms with Crippen LogP contribution in [0, 0.1) is 27.3 Å². The van der Waals surface area contributed by atoms with Gasteiger partial charge in [0.1, 0.15) is 31.0 Å². The van der Waals surface area contributed by atoms with Crippen LogP contribution in [0.2, 0.25) is 36.3 Å². The molecular weight excluding hydrogens is 966 g/mol. The fourth-order valence-electron chi connectivity index (χ4n) is 7.29. The second-order valence-electron chi connectivity index (χ2n) is 20.6. The van der Waals surface area contributed by atoms with Crippen LogP contribution in [0.4, 0.5) is 0 Å². The Kier molecular flexibility index (Phi) is 17.7. The standard InChI is InChI=1S/C46H68N5O16PSi2/c1-16-31-37(39(67-70(14,15)46(8,9)10)41(62-31)51-21-18-34(53)49-44(51)57)65-68(58,60-22-19-47-11)61-25-32-36(64-35(54)26-59-42(55)30-23-27(2)29(4)28(3)24-30)38(66-69(12,13)45(5,6)7)40(63-32)50-20-17-33(52)48-43(50)56/h17-18,20-21,23-24,31-32,36-41H,16,19,22,25-26H2,1-10,12-15H3,(H,48,52,56)(H,49,53,57). The normalized spacial score (nSPS) is 24.0. The van der Waals surface area contributed by atoms with Gasteiger partial charge in [-0.2, -0.15) is 0 Å². The molecule has 2 fully saturated rings. The Bertz CT molecular complexity index is 2690. The van der Waals surface area contributed by atoms with E-state index in [1.54, 1.807) is 19.1 Å². The number of rotatable bonds is 19. The zero-order valence-electron chi connectivity index (χ0n) is 42.4. The van der Waals surface area contributed by atoms with Gasteiger partial charge in [-0.25, -0.2) is 30.3 Å². The number of carbonyl (C=O) groups excluding carboxylic acids is 2. The van der Waals surface area contributed by atoms with Gasteiger partial charge >= 0.3 is 31.1 Å².